The van der Waals surface area contributed by atoms with E-state index in [1.807, 2.05) is 37.3 Å². The van der Waals surface area contributed by atoms with Crippen LogP contribution in [0.3, 0.4) is 0 Å². The van der Waals surface area contributed by atoms with E-state index in [1.165, 1.54) is 0 Å². The number of carbonyl (C=O) groups excluding carboxylic acids is 2. The third-order valence-corrected chi connectivity index (χ3v) is 3.65. The number of alkyl carbamates (subject to hydrolysis) is 1. The van der Waals surface area contributed by atoms with Crippen LogP contribution in [0.4, 0.5) is 4.79 Å². The number of carbonyl (C=O) groups is 2. The maximum absolute atomic E-state index is 11.7. The van der Waals surface area contributed by atoms with Crippen LogP contribution in [-0.4, -0.2) is 24.3 Å². The normalized spacial score (nSPS) is 13.3. The standard InChI is InChI=1S/C15H20ClNO3/c1-3-15(2,13(18)9-16)11-17-14(19)20-10-12-7-5-4-6-8-12/h4-8H,3,9-11H2,1-2H3,(H,17,19). The Kier molecular flexibility index (Phi) is 6.52. The predicted octanol–water partition coefficient (Wildman–Crippen LogP) is 3.14. The smallest absolute Gasteiger partial charge is 0.407 e. The van der Waals surface area contributed by atoms with Crippen LogP contribution >= 0.6 is 11.6 Å². The number of ether oxygens (including phenoxy) is 1. The molecule has 0 bridgehead atoms. The molecule has 20 heavy (non-hydrogen) atoms. The van der Waals surface area contributed by atoms with Crippen molar-refractivity contribution in [3.8, 4) is 0 Å². The van der Waals surface area contributed by atoms with Gasteiger partial charge >= 0.3 is 6.09 Å². The zero-order valence-electron chi connectivity index (χ0n) is 11.8. The fourth-order valence-corrected chi connectivity index (χ4v) is 1.95. The Labute approximate surface area is 124 Å². The minimum atomic E-state index is -0.645. The molecule has 1 N–H and O–H groups in total. The molecule has 1 amide bonds. The van der Waals surface area contributed by atoms with Crippen molar-refractivity contribution in [2.45, 2.75) is 26.9 Å². The molecule has 0 saturated carbocycles. The maximum Gasteiger partial charge on any atom is 0.407 e. The van der Waals surface area contributed by atoms with Gasteiger partial charge in [-0.3, -0.25) is 4.79 Å². The van der Waals surface area contributed by atoms with Crippen LogP contribution in [0, 0.1) is 5.41 Å². The van der Waals surface area contributed by atoms with Crippen LogP contribution in [0.25, 0.3) is 0 Å². The lowest BCUT2D eigenvalue weighted by Crippen LogP contribution is -2.41. The lowest BCUT2D eigenvalue weighted by Gasteiger charge is -2.25. The quantitative estimate of drug-likeness (QED) is 0.787. The molecule has 0 spiro atoms. The summed E-state index contributed by atoms with van der Waals surface area (Å²) >= 11 is 5.58. The van der Waals surface area contributed by atoms with Crippen molar-refractivity contribution >= 4 is 23.5 Å². The monoisotopic (exact) mass is 297 g/mol. The fourth-order valence-electron chi connectivity index (χ4n) is 1.62. The van der Waals surface area contributed by atoms with Crippen molar-refractivity contribution < 1.29 is 14.3 Å². The summed E-state index contributed by atoms with van der Waals surface area (Å²) in [6, 6.07) is 9.41. The van der Waals surface area contributed by atoms with Crippen molar-refractivity contribution in [3.63, 3.8) is 0 Å². The first-order valence-electron chi connectivity index (χ1n) is 6.55. The number of rotatable bonds is 7. The Hall–Kier alpha value is -1.55. The van der Waals surface area contributed by atoms with Gasteiger partial charge in [0, 0.05) is 12.0 Å². The van der Waals surface area contributed by atoms with E-state index in [2.05, 4.69) is 5.32 Å². The molecule has 4 nitrogen and oxygen atoms in total. The average molecular weight is 298 g/mol. The molecule has 1 rings (SSSR count). The first-order valence-corrected chi connectivity index (χ1v) is 7.09. The number of amides is 1. The summed E-state index contributed by atoms with van der Waals surface area (Å²) in [5.74, 6) is -0.129. The molecule has 0 aliphatic heterocycles. The molecule has 1 aromatic rings. The second-order valence-electron chi connectivity index (χ2n) is 4.89. The van der Waals surface area contributed by atoms with Crippen LogP contribution in [0.5, 0.6) is 0 Å². The van der Waals surface area contributed by atoms with Gasteiger partial charge in [-0.25, -0.2) is 4.79 Å². The highest BCUT2D eigenvalue weighted by Crippen LogP contribution is 2.22. The van der Waals surface area contributed by atoms with Gasteiger partial charge in [-0.2, -0.15) is 0 Å². The predicted molar refractivity (Wildman–Crippen MR) is 78.8 cm³/mol. The van der Waals surface area contributed by atoms with E-state index in [4.69, 9.17) is 16.3 Å². The zero-order valence-corrected chi connectivity index (χ0v) is 12.6. The average Bonchev–Trinajstić information content (AvgIpc) is 2.50. The summed E-state index contributed by atoms with van der Waals surface area (Å²) < 4.78 is 5.09. The molecule has 0 aromatic heterocycles. The molecular formula is C15H20ClNO3. The van der Waals surface area contributed by atoms with Crippen molar-refractivity contribution in [1.29, 1.82) is 0 Å². The third kappa shape index (κ3) is 4.85. The highest BCUT2D eigenvalue weighted by Gasteiger charge is 2.30. The number of halogens is 1. The minimum absolute atomic E-state index is 0.0505. The van der Waals surface area contributed by atoms with Gasteiger partial charge in [0.2, 0.25) is 0 Å². The van der Waals surface area contributed by atoms with Gasteiger partial charge in [0.05, 0.1) is 5.88 Å². The molecule has 0 aliphatic rings. The molecule has 1 unspecified atom stereocenters. The molecule has 0 fully saturated rings. The number of alkyl halides is 1. The van der Waals surface area contributed by atoms with Crippen molar-refractivity contribution in [1.82, 2.24) is 5.32 Å². The molecule has 0 saturated heterocycles. The highest BCUT2D eigenvalue weighted by atomic mass is 35.5. The van der Waals surface area contributed by atoms with Gasteiger partial charge in [-0.05, 0) is 12.0 Å². The van der Waals surface area contributed by atoms with Crippen LogP contribution in [-0.2, 0) is 16.1 Å². The third-order valence-electron chi connectivity index (χ3n) is 3.41. The summed E-state index contributed by atoms with van der Waals surface area (Å²) in [5.41, 5.74) is 0.269. The lowest BCUT2D eigenvalue weighted by atomic mass is 9.83. The molecule has 110 valence electrons. The van der Waals surface area contributed by atoms with Crippen molar-refractivity contribution in [2.75, 3.05) is 12.4 Å². The zero-order chi connectivity index (χ0) is 15.0. The number of ketones is 1. The number of benzene rings is 1. The maximum atomic E-state index is 11.7. The van der Waals surface area contributed by atoms with Crippen molar-refractivity contribution in [2.24, 2.45) is 5.41 Å². The number of hydrogen-bond acceptors (Lipinski definition) is 3. The van der Waals surface area contributed by atoms with Gasteiger partial charge in [0.25, 0.3) is 0 Å². The van der Waals surface area contributed by atoms with Gasteiger partial charge in [-0.1, -0.05) is 44.2 Å². The van der Waals surface area contributed by atoms with E-state index >= 15 is 0 Å². The summed E-state index contributed by atoms with van der Waals surface area (Å²) in [5, 5.41) is 2.62. The Morgan fingerprint density at radius 2 is 1.95 bits per heavy atom. The Morgan fingerprint density at radius 3 is 2.50 bits per heavy atom. The molecular weight excluding hydrogens is 278 g/mol. The van der Waals surface area contributed by atoms with Crippen LogP contribution in [0.2, 0.25) is 0 Å². The van der Waals surface area contributed by atoms with Gasteiger partial charge in [0.15, 0.2) is 5.78 Å². The first kappa shape index (κ1) is 16.5. The molecule has 0 radical (unpaired) electrons. The van der Waals surface area contributed by atoms with E-state index in [1.54, 1.807) is 6.92 Å². The molecule has 1 aromatic carbocycles. The summed E-state index contributed by atoms with van der Waals surface area (Å²) in [7, 11) is 0. The number of Topliss-reactive ketones (excluding diaryl/α,β-unsaturated/α-hetero) is 1. The Bertz CT molecular complexity index is 450. The Balaban J connectivity index is 2.41. The van der Waals surface area contributed by atoms with E-state index in [-0.39, 0.29) is 24.8 Å². The molecule has 5 heteroatoms. The number of nitrogens with one attached hydrogen (secondary N) is 1. The highest BCUT2D eigenvalue weighted by molar-refractivity contribution is 6.28. The van der Waals surface area contributed by atoms with Gasteiger partial charge < -0.3 is 10.1 Å². The van der Waals surface area contributed by atoms with E-state index in [9.17, 15) is 9.59 Å². The van der Waals surface area contributed by atoms with Crippen LogP contribution in [0.1, 0.15) is 25.8 Å². The second-order valence-corrected chi connectivity index (χ2v) is 5.15. The summed E-state index contributed by atoms with van der Waals surface area (Å²) in [6.07, 6.45) is 0.0771. The molecule has 1 atom stereocenters. The second kappa shape index (κ2) is 7.90. The SMILES string of the molecule is CCC(C)(CNC(=O)OCc1ccccc1)C(=O)CCl. The fraction of sp³-hybridized carbons (Fsp3) is 0.467. The lowest BCUT2D eigenvalue weighted by molar-refractivity contribution is -0.125. The summed E-state index contributed by atoms with van der Waals surface area (Å²) in [6.45, 7) is 4.11. The molecule has 0 aliphatic carbocycles. The molecule has 0 heterocycles. The van der Waals surface area contributed by atoms with Crippen molar-refractivity contribution in [3.05, 3.63) is 35.9 Å². The van der Waals surface area contributed by atoms with E-state index in [0.717, 1.165) is 5.56 Å². The van der Waals surface area contributed by atoms with Gasteiger partial charge in [0.1, 0.15) is 6.61 Å². The Morgan fingerprint density at radius 1 is 1.30 bits per heavy atom. The van der Waals surface area contributed by atoms with E-state index < -0.39 is 11.5 Å². The van der Waals surface area contributed by atoms with Crippen LogP contribution in [0.15, 0.2) is 30.3 Å². The number of hydrogen-bond donors (Lipinski definition) is 1. The largest absolute Gasteiger partial charge is 0.445 e. The summed E-state index contributed by atoms with van der Waals surface area (Å²) in [4.78, 5) is 23.3. The van der Waals surface area contributed by atoms with E-state index in [0.29, 0.717) is 6.42 Å². The first-order chi connectivity index (χ1) is 9.51. The van der Waals surface area contributed by atoms with Gasteiger partial charge in [-0.15, -0.1) is 11.6 Å². The topological polar surface area (TPSA) is 55.4 Å². The minimum Gasteiger partial charge on any atom is -0.445 e. The van der Waals surface area contributed by atoms with Crippen LogP contribution < -0.4 is 5.32 Å².